The summed E-state index contributed by atoms with van der Waals surface area (Å²) < 4.78 is 0. The zero-order valence-electron chi connectivity index (χ0n) is 5.74. The fraction of sp³-hybridized carbons (Fsp3) is 0. The van der Waals surface area contributed by atoms with E-state index in [4.69, 9.17) is 11.6 Å². The van der Waals surface area contributed by atoms with Crippen molar-refractivity contribution < 1.29 is 4.79 Å². The molecule has 11 heavy (non-hydrogen) atoms. The SMILES string of the molecule is NNc1cnccc1C(N)=O. The summed E-state index contributed by atoms with van der Waals surface area (Å²) in [6.07, 6.45) is 2.90. The molecular formula is C6H8N4O. The van der Waals surface area contributed by atoms with Gasteiger partial charge in [-0.2, -0.15) is 0 Å². The minimum Gasteiger partial charge on any atom is -0.366 e. The lowest BCUT2D eigenvalue weighted by atomic mass is 10.2. The van der Waals surface area contributed by atoms with Crippen molar-refractivity contribution in [3.8, 4) is 0 Å². The average molecular weight is 152 g/mol. The highest BCUT2D eigenvalue weighted by molar-refractivity contribution is 5.98. The van der Waals surface area contributed by atoms with Crippen LogP contribution in [0.2, 0.25) is 0 Å². The first-order valence-electron chi connectivity index (χ1n) is 2.96. The molecule has 58 valence electrons. The predicted molar refractivity (Wildman–Crippen MR) is 40.6 cm³/mol. The van der Waals surface area contributed by atoms with Gasteiger partial charge in [-0.05, 0) is 6.07 Å². The fourth-order valence-corrected chi connectivity index (χ4v) is 0.724. The van der Waals surface area contributed by atoms with Crippen LogP contribution in [0.4, 0.5) is 5.69 Å². The molecule has 5 nitrogen and oxygen atoms in total. The number of rotatable bonds is 2. The molecule has 0 aliphatic heterocycles. The van der Waals surface area contributed by atoms with Crippen LogP contribution in [0.3, 0.4) is 0 Å². The molecule has 0 aliphatic carbocycles. The van der Waals surface area contributed by atoms with Gasteiger partial charge in [0.25, 0.3) is 5.91 Å². The van der Waals surface area contributed by atoms with E-state index in [1.54, 1.807) is 0 Å². The lowest BCUT2D eigenvalue weighted by Gasteiger charge is -2.02. The Morgan fingerprint density at radius 1 is 1.64 bits per heavy atom. The quantitative estimate of drug-likeness (QED) is 0.392. The molecule has 0 atom stereocenters. The van der Waals surface area contributed by atoms with Crippen molar-refractivity contribution in [2.45, 2.75) is 0 Å². The molecule has 0 aromatic carbocycles. The first-order chi connectivity index (χ1) is 5.25. The number of nitrogens with zero attached hydrogens (tertiary/aromatic N) is 1. The van der Waals surface area contributed by atoms with Crippen molar-refractivity contribution in [1.29, 1.82) is 0 Å². The van der Waals surface area contributed by atoms with Crippen molar-refractivity contribution in [2.24, 2.45) is 11.6 Å². The Hall–Kier alpha value is -1.62. The zero-order valence-corrected chi connectivity index (χ0v) is 5.74. The molecule has 0 aliphatic rings. The van der Waals surface area contributed by atoms with Crippen molar-refractivity contribution in [1.82, 2.24) is 4.98 Å². The van der Waals surface area contributed by atoms with Crippen molar-refractivity contribution in [3.63, 3.8) is 0 Å². The third-order valence-corrected chi connectivity index (χ3v) is 1.24. The number of pyridine rings is 1. The number of hydrogen-bond donors (Lipinski definition) is 3. The van der Waals surface area contributed by atoms with Crippen molar-refractivity contribution >= 4 is 11.6 Å². The largest absolute Gasteiger partial charge is 0.366 e. The summed E-state index contributed by atoms with van der Waals surface area (Å²) in [6, 6.07) is 1.50. The molecule has 1 amide bonds. The minimum absolute atomic E-state index is 0.336. The molecule has 0 saturated heterocycles. The number of primary amides is 1. The van der Waals surface area contributed by atoms with Gasteiger partial charge in [0.2, 0.25) is 0 Å². The highest BCUT2D eigenvalue weighted by Crippen LogP contribution is 2.09. The predicted octanol–water partition coefficient (Wildman–Crippen LogP) is -0.534. The second-order valence-electron chi connectivity index (χ2n) is 1.93. The number of carbonyl (C=O) groups is 1. The maximum Gasteiger partial charge on any atom is 0.250 e. The smallest absolute Gasteiger partial charge is 0.250 e. The standard InChI is InChI=1S/C6H8N4O/c7-6(11)4-1-2-9-3-5(4)10-8/h1-3,10H,8H2,(H2,7,11). The van der Waals surface area contributed by atoms with E-state index >= 15 is 0 Å². The Kier molecular flexibility index (Phi) is 2.03. The van der Waals surface area contributed by atoms with Gasteiger partial charge in [-0.1, -0.05) is 0 Å². The molecule has 5 heteroatoms. The van der Waals surface area contributed by atoms with Gasteiger partial charge in [-0.3, -0.25) is 15.6 Å². The first-order valence-corrected chi connectivity index (χ1v) is 2.96. The van der Waals surface area contributed by atoms with Gasteiger partial charge < -0.3 is 11.2 Å². The molecule has 0 unspecified atom stereocenters. The highest BCUT2D eigenvalue weighted by Gasteiger charge is 2.04. The number of nitrogen functional groups attached to an aromatic ring is 1. The zero-order chi connectivity index (χ0) is 8.27. The van der Waals surface area contributed by atoms with E-state index < -0.39 is 5.91 Å². The topological polar surface area (TPSA) is 94.0 Å². The Morgan fingerprint density at radius 2 is 2.36 bits per heavy atom. The molecule has 5 N–H and O–H groups in total. The van der Waals surface area contributed by atoms with Crippen molar-refractivity contribution in [3.05, 3.63) is 24.0 Å². The molecular weight excluding hydrogens is 144 g/mol. The normalized spacial score (nSPS) is 9.18. The van der Waals surface area contributed by atoms with E-state index in [1.807, 2.05) is 0 Å². The number of hydrazine groups is 1. The minimum atomic E-state index is -0.527. The van der Waals surface area contributed by atoms with Crippen LogP contribution >= 0.6 is 0 Å². The molecule has 1 aromatic heterocycles. The van der Waals surface area contributed by atoms with Gasteiger partial charge >= 0.3 is 0 Å². The molecule has 1 rings (SSSR count). The van der Waals surface area contributed by atoms with E-state index in [0.717, 1.165) is 0 Å². The number of amides is 1. The van der Waals surface area contributed by atoms with Crippen LogP contribution in [-0.4, -0.2) is 10.9 Å². The second kappa shape index (κ2) is 2.98. The first kappa shape index (κ1) is 7.49. The third kappa shape index (κ3) is 1.44. The Bertz CT molecular complexity index is 273. The number of nitrogens with two attached hydrogens (primary N) is 2. The summed E-state index contributed by atoms with van der Waals surface area (Å²) in [5, 5.41) is 0. The van der Waals surface area contributed by atoms with Crippen LogP contribution in [0.15, 0.2) is 18.5 Å². The average Bonchev–Trinajstić information content (AvgIpc) is 2.04. The summed E-state index contributed by atoms with van der Waals surface area (Å²) >= 11 is 0. The third-order valence-electron chi connectivity index (χ3n) is 1.24. The highest BCUT2D eigenvalue weighted by atomic mass is 16.1. The Labute approximate surface area is 63.4 Å². The fourth-order valence-electron chi connectivity index (χ4n) is 0.724. The molecule has 0 radical (unpaired) electrons. The van der Waals surface area contributed by atoms with Gasteiger partial charge in [0.1, 0.15) is 0 Å². The molecule has 1 heterocycles. The summed E-state index contributed by atoms with van der Waals surface area (Å²) in [7, 11) is 0. The maximum absolute atomic E-state index is 10.7. The van der Waals surface area contributed by atoms with Crippen LogP contribution in [-0.2, 0) is 0 Å². The van der Waals surface area contributed by atoms with E-state index in [-0.39, 0.29) is 0 Å². The van der Waals surface area contributed by atoms with Gasteiger partial charge in [0.05, 0.1) is 17.4 Å². The van der Waals surface area contributed by atoms with Crippen molar-refractivity contribution in [2.75, 3.05) is 5.43 Å². The number of hydrogen-bond acceptors (Lipinski definition) is 4. The van der Waals surface area contributed by atoms with Gasteiger partial charge in [-0.25, -0.2) is 0 Å². The Morgan fingerprint density at radius 3 is 2.82 bits per heavy atom. The van der Waals surface area contributed by atoms with Crippen LogP contribution in [0.5, 0.6) is 0 Å². The molecule has 1 aromatic rings. The van der Waals surface area contributed by atoms with E-state index in [1.165, 1.54) is 18.5 Å². The number of anilines is 1. The number of aromatic nitrogens is 1. The second-order valence-corrected chi connectivity index (χ2v) is 1.93. The maximum atomic E-state index is 10.7. The van der Waals surface area contributed by atoms with Crippen LogP contribution in [0, 0.1) is 0 Å². The molecule has 0 fully saturated rings. The lowest BCUT2D eigenvalue weighted by molar-refractivity contribution is 0.100. The van der Waals surface area contributed by atoms with E-state index in [0.29, 0.717) is 11.3 Å². The molecule has 0 bridgehead atoms. The van der Waals surface area contributed by atoms with Crippen LogP contribution in [0.25, 0.3) is 0 Å². The van der Waals surface area contributed by atoms with E-state index in [9.17, 15) is 4.79 Å². The summed E-state index contributed by atoms with van der Waals surface area (Å²) in [4.78, 5) is 14.4. The monoisotopic (exact) mass is 152 g/mol. The van der Waals surface area contributed by atoms with Gasteiger partial charge in [0.15, 0.2) is 0 Å². The summed E-state index contributed by atoms with van der Waals surface area (Å²) in [6.45, 7) is 0. The van der Waals surface area contributed by atoms with Crippen LogP contribution in [0.1, 0.15) is 10.4 Å². The lowest BCUT2D eigenvalue weighted by Crippen LogP contribution is -2.17. The van der Waals surface area contributed by atoms with Crippen LogP contribution < -0.4 is 17.0 Å². The molecule has 0 saturated carbocycles. The van der Waals surface area contributed by atoms with E-state index in [2.05, 4.69) is 10.4 Å². The number of carbonyl (C=O) groups excluding carboxylic acids is 1. The van der Waals surface area contributed by atoms with Gasteiger partial charge in [0, 0.05) is 6.20 Å². The van der Waals surface area contributed by atoms with Gasteiger partial charge in [-0.15, -0.1) is 0 Å². The Balaban J connectivity index is 3.12. The molecule has 0 spiro atoms. The number of nitrogens with one attached hydrogen (secondary N) is 1. The summed E-state index contributed by atoms with van der Waals surface area (Å²) in [5.74, 6) is 4.56. The summed E-state index contributed by atoms with van der Waals surface area (Å²) in [5.41, 5.74) is 8.11.